The van der Waals surface area contributed by atoms with E-state index in [1.54, 1.807) is 13.0 Å². The molecule has 20 heavy (non-hydrogen) atoms. The summed E-state index contributed by atoms with van der Waals surface area (Å²) < 4.78 is 40.5. The van der Waals surface area contributed by atoms with Crippen LogP contribution in [0.1, 0.15) is 18.4 Å². The minimum atomic E-state index is -3.73. The molecule has 2 unspecified atom stereocenters. The van der Waals surface area contributed by atoms with Crippen molar-refractivity contribution in [2.24, 2.45) is 5.92 Å². The molecule has 6 heteroatoms. The molecule has 3 rings (SSSR count). The van der Waals surface area contributed by atoms with E-state index in [0.29, 0.717) is 19.0 Å². The average molecular weight is 298 g/mol. The molecular formula is C14H19FN2O2S. The number of piperidine rings is 1. The number of halogens is 1. The van der Waals surface area contributed by atoms with Crippen LogP contribution in [0.4, 0.5) is 4.39 Å². The monoisotopic (exact) mass is 298 g/mol. The Morgan fingerprint density at radius 2 is 2.15 bits per heavy atom. The van der Waals surface area contributed by atoms with Crippen LogP contribution in [0.5, 0.6) is 0 Å². The molecule has 0 aliphatic carbocycles. The largest absolute Gasteiger partial charge is 0.312 e. The van der Waals surface area contributed by atoms with Crippen LogP contribution in [0.15, 0.2) is 23.1 Å². The molecule has 0 aromatic heterocycles. The summed E-state index contributed by atoms with van der Waals surface area (Å²) in [4.78, 5) is -0.198. The lowest BCUT2D eigenvalue weighted by Gasteiger charge is -2.24. The summed E-state index contributed by atoms with van der Waals surface area (Å²) in [5, 5.41) is 3.36. The van der Waals surface area contributed by atoms with Crippen molar-refractivity contribution >= 4 is 10.0 Å². The quantitative estimate of drug-likeness (QED) is 0.900. The molecule has 110 valence electrons. The van der Waals surface area contributed by atoms with Gasteiger partial charge in [-0.3, -0.25) is 0 Å². The van der Waals surface area contributed by atoms with Crippen LogP contribution in [0.25, 0.3) is 0 Å². The molecule has 2 fully saturated rings. The van der Waals surface area contributed by atoms with Crippen molar-refractivity contribution in [3.05, 3.63) is 29.6 Å². The number of nitrogens with zero attached hydrogens (tertiary/aromatic N) is 1. The second-order valence-electron chi connectivity index (χ2n) is 5.72. The Kier molecular flexibility index (Phi) is 3.56. The highest BCUT2D eigenvalue weighted by Gasteiger charge is 2.40. The minimum Gasteiger partial charge on any atom is -0.312 e. The zero-order valence-electron chi connectivity index (χ0n) is 11.5. The summed E-state index contributed by atoms with van der Waals surface area (Å²) in [5.74, 6) is -0.315. The van der Waals surface area contributed by atoms with Gasteiger partial charge in [0.2, 0.25) is 10.0 Å². The van der Waals surface area contributed by atoms with Crippen molar-refractivity contribution in [3.8, 4) is 0 Å². The Morgan fingerprint density at radius 3 is 2.90 bits per heavy atom. The van der Waals surface area contributed by atoms with E-state index in [1.807, 2.05) is 0 Å². The molecule has 1 aromatic carbocycles. The topological polar surface area (TPSA) is 49.4 Å². The van der Waals surface area contributed by atoms with Crippen molar-refractivity contribution in [1.82, 2.24) is 9.62 Å². The predicted molar refractivity (Wildman–Crippen MR) is 74.4 cm³/mol. The van der Waals surface area contributed by atoms with E-state index in [-0.39, 0.29) is 10.9 Å². The molecular weight excluding hydrogens is 279 g/mol. The number of sulfonamides is 1. The van der Waals surface area contributed by atoms with Gasteiger partial charge in [0.25, 0.3) is 0 Å². The molecule has 0 bridgehead atoms. The smallest absolute Gasteiger partial charge is 0.246 e. The van der Waals surface area contributed by atoms with Crippen molar-refractivity contribution in [2.75, 3.05) is 19.6 Å². The first kappa shape index (κ1) is 14.0. The number of rotatable bonds is 2. The molecule has 4 nitrogen and oxygen atoms in total. The summed E-state index contributed by atoms with van der Waals surface area (Å²) in [6, 6.07) is 4.44. The standard InChI is InChI=1S/C14H19FN2O2S/c1-10-4-5-12(15)14(7-10)20(18,19)17-8-11-3-2-6-16-13(11)9-17/h4-5,7,11,13,16H,2-3,6,8-9H2,1H3. The summed E-state index contributed by atoms with van der Waals surface area (Å²) in [6.45, 7) is 3.64. The number of hydrogen-bond acceptors (Lipinski definition) is 3. The lowest BCUT2D eigenvalue weighted by molar-refractivity contribution is 0.339. The van der Waals surface area contributed by atoms with E-state index in [4.69, 9.17) is 0 Å². The van der Waals surface area contributed by atoms with Gasteiger partial charge < -0.3 is 5.32 Å². The third-order valence-corrected chi connectivity index (χ3v) is 6.12. The molecule has 0 amide bonds. The number of nitrogens with one attached hydrogen (secondary N) is 1. The number of aryl methyl sites for hydroxylation is 1. The van der Waals surface area contributed by atoms with Gasteiger partial charge in [0, 0.05) is 19.1 Å². The van der Waals surface area contributed by atoms with Crippen LogP contribution in [0.3, 0.4) is 0 Å². The highest BCUT2D eigenvalue weighted by molar-refractivity contribution is 7.89. The lowest BCUT2D eigenvalue weighted by atomic mass is 9.94. The zero-order valence-corrected chi connectivity index (χ0v) is 12.3. The van der Waals surface area contributed by atoms with Gasteiger partial charge >= 0.3 is 0 Å². The Bertz CT molecular complexity index is 604. The summed E-state index contributed by atoms with van der Waals surface area (Å²) >= 11 is 0. The van der Waals surface area contributed by atoms with E-state index in [0.717, 1.165) is 24.9 Å². The Labute approximate surface area is 119 Å². The predicted octanol–water partition coefficient (Wildman–Crippen LogP) is 1.51. The first-order chi connectivity index (χ1) is 9.48. The Balaban J connectivity index is 1.91. The van der Waals surface area contributed by atoms with E-state index in [9.17, 15) is 12.8 Å². The summed E-state index contributed by atoms with van der Waals surface area (Å²) in [5.41, 5.74) is 0.750. The van der Waals surface area contributed by atoms with Crippen LogP contribution in [0, 0.1) is 18.7 Å². The maximum atomic E-state index is 13.9. The van der Waals surface area contributed by atoms with Crippen LogP contribution >= 0.6 is 0 Å². The van der Waals surface area contributed by atoms with Crippen molar-refractivity contribution in [1.29, 1.82) is 0 Å². The van der Waals surface area contributed by atoms with Gasteiger partial charge in [-0.25, -0.2) is 12.8 Å². The van der Waals surface area contributed by atoms with Crippen LogP contribution in [-0.2, 0) is 10.0 Å². The van der Waals surface area contributed by atoms with Crippen molar-refractivity contribution < 1.29 is 12.8 Å². The van der Waals surface area contributed by atoms with Crippen LogP contribution < -0.4 is 5.32 Å². The van der Waals surface area contributed by atoms with Crippen LogP contribution in [0.2, 0.25) is 0 Å². The molecule has 2 heterocycles. The minimum absolute atomic E-state index is 0.198. The molecule has 2 aliphatic rings. The van der Waals surface area contributed by atoms with E-state index < -0.39 is 15.8 Å². The number of hydrogen-bond donors (Lipinski definition) is 1. The average Bonchev–Trinajstić information content (AvgIpc) is 2.86. The summed E-state index contributed by atoms with van der Waals surface area (Å²) in [6.07, 6.45) is 2.12. The Hall–Kier alpha value is -0.980. The number of fused-ring (bicyclic) bond motifs is 1. The fourth-order valence-corrected chi connectivity index (χ4v) is 4.82. The molecule has 2 atom stereocenters. The maximum absolute atomic E-state index is 13.9. The molecule has 1 N–H and O–H groups in total. The Morgan fingerprint density at radius 1 is 1.35 bits per heavy atom. The molecule has 0 spiro atoms. The van der Waals surface area contributed by atoms with E-state index in [2.05, 4.69) is 5.32 Å². The van der Waals surface area contributed by atoms with E-state index >= 15 is 0 Å². The second kappa shape index (κ2) is 5.09. The first-order valence-electron chi connectivity index (χ1n) is 6.98. The summed E-state index contributed by atoms with van der Waals surface area (Å²) in [7, 11) is -3.73. The van der Waals surface area contributed by atoms with Gasteiger partial charge in [0.1, 0.15) is 10.7 Å². The van der Waals surface area contributed by atoms with Gasteiger partial charge in [-0.1, -0.05) is 6.07 Å². The van der Waals surface area contributed by atoms with Crippen molar-refractivity contribution in [2.45, 2.75) is 30.7 Å². The van der Waals surface area contributed by atoms with Gasteiger partial charge in [-0.05, 0) is 49.9 Å². The molecule has 2 aliphatic heterocycles. The molecule has 1 aromatic rings. The van der Waals surface area contributed by atoms with Crippen molar-refractivity contribution in [3.63, 3.8) is 0 Å². The fraction of sp³-hybridized carbons (Fsp3) is 0.571. The van der Waals surface area contributed by atoms with E-state index in [1.165, 1.54) is 16.4 Å². The van der Waals surface area contributed by atoms with Gasteiger partial charge in [0.05, 0.1) is 0 Å². The molecule has 0 radical (unpaired) electrons. The third kappa shape index (κ3) is 2.36. The first-order valence-corrected chi connectivity index (χ1v) is 8.42. The van der Waals surface area contributed by atoms with Crippen LogP contribution in [-0.4, -0.2) is 38.4 Å². The number of benzene rings is 1. The van der Waals surface area contributed by atoms with Gasteiger partial charge in [0.15, 0.2) is 0 Å². The highest BCUT2D eigenvalue weighted by atomic mass is 32.2. The normalized spacial score (nSPS) is 27.5. The second-order valence-corrected chi connectivity index (χ2v) is 7.63. The molecule has 2 saturated heterocycles. The lowest BCUT2D eigenvalue weighted by Crippen LogP contribution is -2.41. The third-order valence-electron chi connectivity index (χ3n) is 4.27. The fourth-order valence-electron chi connectivity index (χ4n) is 3.15. The molecule has 0 saturated carbocycles. The SMILES string of the molecule is Cc1ccc(F)c(S(=O)(=O)N2CC3CCCNC3C2)c1. The zero-order chi connectivity index (χ0) is 14.3. The highest BCUT2D eigenvalue weighted by Crippen LogP contribution is 2.30. The van der Waals surface area contributed by atoms with Gasteiger partial charge in [-0.2, -0.15) is 4.31 Å². The maximum Gasteiger partial charge on any atom is 0.246 e. The van der Waals surface area contributed by atoms with Gasteiger partial charge in [-0.15, -0.1) is 0 Å².